The van der Waals surface area contributed by atoms with E-state index < -0.39 is 0 Å². The smallest absolute Gasteiger partial charge is 0.256 e. The van der Waals surface area contributed by atoms with Crippen LogP contribution in [-0.2, 0) is 4.79 Å². The fraction of sp³-hybridized carbons (Fsp3) is 0.267. The number of aromatic hydroxyl groups is 1. The van der Waals surface area contributed by atoms with E-state index in [1.165, 1.54) is 11.6 Å². The zero-order chi connectivity index (χ0) is 28.8. The van der Waals surface area contributed by atoms with Crippen LogP contribution in [0, 0.1) is 0 Å². The molecular weight excluding hydrogens is 494 g/mol. The number of carbonyl (C=O) groups excluding carboxylic acids is 2. The molecule has 0 saturated heterocycles. The molecule has 0 unspecified atom stereocenters. The van der Waals surface area contributed by atoms with E-state index in [9.17, 15) is 14.7 Å². The number of imidazole rings is 1. The highest BCUT2D eigenvalue weighted by atomic mass is 16.3. The van der Waals surface area contributed by atoms with Crippen LogP contribution in [0.25, 0.3) is 22.4 Å². The second-order valence-electron chi connectivity index (χ2n) is 8.95. The van der Waals surface area contributed by atoms with Crippen molar-refractivity contribution in [2.45, 2.75) is 47.0 Å². The molecule has 0 spiro atoms. The van der Waals surface area contributed by atoms with Crippen LogP contribution in [0.3, 0.4) is 0 Å². The number of allylic oxidation sites excluding steroid dienone is 1. The van der Waals surface area contributed by atoms with Crippen molar-refractivity contribution in [2.24, 2.45) is 0 Å². The van der Waals surface area contributed by atoms with Gasteiger partial charge in [0.25, 0.3) is 5.91 Å². The second kappa shape index (κ2) is 15.7. The number of carbonyl (C=O) groups is 2. The highest BCUT2D eigenvalue weighted by molar-refractivity contribution is 6.05. The number of anilines is 2. The van der Waals surface area contributed by atoms with E-state index in [1.54, 1.807) is 54.7 Å². The highest BCUT2D eigenvalue weighted by Crippen LogP contribution is 2.31. The summed E-state index contributed by atoms with van der Waals surface area (Å²) in [5, 5.41) is 23.8. The molecule has 39 heavy (non-hydrogen) atoms. The number of aromatic nitrogens is 3. The first-order valence-electron chi connectivity index (χ1n) is 12.8. The molecule has 0 aliphatic carbocycles. The molecule has 4 aromatic rings. The number of H-pyrrole nitrogens is 1. The number of phenols is 1. The molecule has 0 fully saturated rings. The number of pyridine rings is 1. The maximum Gasteiger partial charge on any atom is 0.256 e. The average Bonchev–Trinajstić information content (AvgIpc) is 3.32. The first-order chi connectivity index (χ1) is 18.7. The minimum atomic E-state index is -0.285. The van der Waals surface area contributed by atoms with Crippen LogP contribution in [-0.4, -0.2) is 43.6 Å². The fourth-order valence-electron chi connectivity index (χ4n) is 3.16. The molecule has 0 aliphatic rings. The van der Waals surface area contributed by atoms with Crippen LogP contribution in [0.4, 0.5) is 11.5 Å². The molecule has 5 N–H and O–H groups in total. The molecule has 0 atom stereocenters. The molecule has 4 rings (SSSR count). The number of aliphatic hydroxyl groups is 1. The van der Waals surface area contributed by atoms with Crippen molar-refractivity contribution in [2.75, 3.05) is 17.2 Å². The van der Waals surface area contributed by atoms with E-state index in [0.29, 0.717) is 52.5 Å². The summed E-state index contributed by atoms with van der Waals surface area (Å²) in [5.74, 6) is 0.526. The van der Waals surface area contributed by atoms with Gasteiger partial charge < -0.3 is 25.8 Å². The maximum atomic E-state index is 12.5. The number of nitrogens with zero attached hydrogens (tertiary/aromatic N) is 2. The molecule has 0 saturated carbocycles. The predicted octanol–water partition coefficient (Wildman–Crippen LogP) is 6.29. The van der Waals surface area contributed by atoms with Crippen molar-refractivity contribution in [1.82, 2.24) is 15.0 Å². The van der Waals surface area contributed by atoms with Gasteiger partial charge in [-0.3, -0.25) is 9.59 Å². The monoisotopic (exact) mass is 531 g/mol. The number of aromatic amines is 1. The first-order valence-corrected chi connectivity index (χ1v) is 12.8. The number of benzene rings is 2. The summed E-state index contributed by atoms with van der Waals surface area (Å²) in [6.45, 7) is 11.7. The van der Waals surface area contributed by atoms with Gasteiger partial charge >= 0.3 is 0 Å². The number of amides is 2. The molecule has 9 heteroatoms. The first kappa shape index (κ1) is 30.7. The van der Waals surface area contributed by atoms with Crippen molar-refractivity contribution < 1.29 is 19.8 Å². The summed E-state index contributed by atoms with van der Waals surface area (Å²) in [4.78, 5) is 36.0. The van der Waals surface area contributed by atoms with Gasteiger partial charge in [0.2, 0.25) is 5.91 Å². The van der Waals surface area contributed by atoms with Crippen LogP contribution in [0.15, 0.2) is 72.9 Å². The molecule has 2 aromatic heterocycles. The lowest BCUT2D eigenvalue weighted by Gasteiger charge is -2.07. The number of fused-ring (bicyclic) bond motifs is 1. The Morgan fingerprint density at radius 1 is 1.00 bits per heavy atom. The summed E-state index contributed by atoms with van der Waals surface area (Å²) in [6, 6.07) is 15.3. The number of hydrogen-bond acceptors (Lipinski definition) is 6. The number of hydrogen-bond donors (Lipinski definition) is 5. The van der Waals surface area contributed by atoms with E-state index >= 15 is 0 Å². The van der Waals surface area contributed by atoms with Gasteiger partial charge in [0.1, 0.15) is 17.4 Å². The third kappa shape index (κ3) is 10.1. The van der Waals surface area contributed by atoms with Gasteiger partial charge in [-0.25, -0.2) is 9.97 Å². The lowest BCUT2D eigenvalue weighted by Crippen LogP contribution is -2.12. The average molecular weight is 532 g/mol. The molecular formula is C30H37N5O4. The van der Waals surface area contributed by atoms with Crippen LogP contribution in [0.1, 0.15) is 57.3 Å². The third-order valence-electron chi connectivity index (χ3n) is 4.89. The largest absolute Gasteiger partial charge is 0.507 e. The lowest BCUT2D eigenvalue weighted by atomic mass is 10.1. The van der Waals surface area contributed by atoms with Gasteiger partial charge in [-0.15, -0.1) is 6.58 Å². The Balaban J connectivity index is 0.000000590. The summed E-state index contributed by atoms with van der Waals surface area (Å²) < 4.78 is 0. The Hall–Kier alpha value is -4.50. The zero-order valence-electron chi connectivity index (χ0n) is 22.9. The molecule has 2 amide bonds. The van der Waals surface area contributed by atoms with Crippen LogP contribution in [0.5, 0.6) is 5.75 Å². The van der Waals surface area contributed by atoms with Crippen LogP contribution < -0.4 is 10.6 Å². The Morgan fingerprint density at radius 3 is 2.31 bits per heavy atom. The van der Waals surface area contributed by atoms with Gasteiger partial charge in [-0.1, -0.05) is 25.5 Å². The SMILES string of the molecule is C=C(C)C.CCCC(=O)Nc1ccc(-c2nc3ccc(C(=O)Nc4ccccn4)cc3[nH]2)c(O)c1.CCCO. The topological polar surface area (TPSA) is 140 Å². The quantitative estimate of drug-likeness (QED) is 0.177. The summed E-state index contributed by atoms with van der Waals surface area (Å²) in [5.41, 5.74) is 3.94. The summed E-state index contributed by atoms with van der Waals surface area (Å²) >= 11 is 0. The number of aliphatic hydroxyl groups excluding tert-OH is 1. The van der Waals surface area contributed by atoms with Gasteiger partial charge in [0.15, 0.2) is 0 Å². The second-order valence-corrected chi connectivity index (χ2v) is 8.95. The van der Waals surface area contributed by atoms with E-state index in [2.05, 4.69) is 32.2 Å². The molecule has 2 aromatic carbocycles. The normalized spacial score (nSPS) is 9.97. The Labute approximate surface area is 229 Å². The highest BCUT2D eigenvalue weighted by Gasteiger charge is 2.14. The minimum absolute atomic E-state index is 0.0125. The van der Waals surface area contributed by atoms with E-state index in [0.717, 1.165) is 12.8 Å². The van der Waals surface area contributed by atoms with Crippen molar-refractivity contribution >= 4 is 34.4 Å². The lowest BCUT2D eigenvalue weighted by molar-refractivity contribution is -0.116. The van der Waals surface area contributed by atoms with Gasteiger partial charge in [-0.2, -0.15) is 0 Å². The minimum Gasteiger partial charge on any atom is -0.507 e. The third-order valence-corrected chi connectivity index (χ3v) is 4.89. The summed E-state index contributed by atoms with van der Waals surface area (Å²) in [7, 11) is 0. The number of nitrogens with one attached hydrogen (secondary N) is 3. The van der Waals surface area contributed by atoms with E-state index in [4.69, 9.17) is 5.11 Å². The zero-order valence-corrected chi connectivity index (χ0v) is 22.9. The van der Waals surface area contributed by atoms with Crippen molar-refractivity contribution in [1.29, 1.82) is 0 Å². The maximum absolute atomic E-state index is 12.5. The van der Waals surface area contributed by atoms with Crippen molar-refractivity contribution in [3.05, 3.63) is 78.5 Å². The number of rotatable bonds is 7. The van der Waals surface area contributed by atoms with Gasteiger partial charge in [0.05, 0.1) is 16.6 Å². The van der Waals surface area contributed by atoms with E-state index in [1.807, 2.05) is 27.7 Å². The van der Waals surface area contributed by atoms with Crippen LogP contribution >= 0.6 is 0 Å². The predicted molar refractivity (Wildman–Crippen MR) is 157 cm³/mol. The summed E-state index contributed by atoms with van der Waals surface area (Å²) in [6.07, 6.45) is 3.64. The number of phenolic OH excluding ortho intramolecular Hbond substituents is 1. The van der Waals surface area contributed by atoms with Crippen LogP contribution in [0.2, 0.25) is 0 Å². The Bertz CT molecular complexity index is 1380. The Kier molecular flexibility index (Phi) is 12.4. The molecule has 9 nitrogen and oxygen atoms in total. The molecule has 0 bridgehead atoms. The molecule has 206 valence electrons. The Morgan fingerprint density at radius 2 is 1.72 bits per heavy atom. The molecule has 0 aliphatic heterocycles. The molecule has 2 heterocycles. The van der Waals surface area contributed by atoms with Gasteiger partial charge in [0, 0.05) is 36.5 Å². The fourth-order valence-corrected chi connectivity index (χ4v) is 3.16. The van der Waals surface area contributed by atoms with Crippen molar-refractivity contribution in [3.8, 4) is 17.1 Å². The standard InChI is InChI=1S/C23H21N5O3.C4H8.C3H8O/c1-2-5-21(30)25-15-8-9-16(19(29)13-15)22-26-17-10-7-14(12-18(17)27-22)23(31)28-20-6-3-4-11-24-20;1-4(2)3;1-2-3-4/h3-4,6-13,29H,2,5H2,1H3,(H,25,30)(H,26,27)(H,24,28,31);1H2,2-3H3;4H,2-3H2,1H3. The molecule has 0 radical (unpaired) electrons. The van der Waals surface area contributed by atoms with Gasteiger partial charge in [-0.05, 0) is 69.2 Å². The van der Waals surface area contributed by atoms with Crippen molar-refractivity contribution in [3.63, 3.8) is 0 Å². The van der Waals surface area contributed by atoms with E-state index in [-0.39, 0.29) is 17.6 Å².